The minimum atomic E-state index is 0.0607. The van der Waals surface area contributed by atoms with Gasteiger partial charge in [-0.1, -0.05) is 19.3 Å². The van der Waals surface area contributed by atoms with Gasteiger partial charge in [-0.2, -0.15) is 15.0 Å². The van der Waals surface area contributed by atoms with E-state index in [1.165, 1.54) is 19.3 Å². The fourth-order valence-corrected chi connectivity index (χ4v) is 3.18. The first-order valence-corrected chi connectivity index (χ1v) is 8.05. The summed E-state index contributed by atoms with van der Waals surface area (Å²) in [5, 5.41) is 3.72. The summed E-state index contributed by atoms with van der Waals surface area (Å²) in [6.45, 7) is 5.21. The molecular formula is C14H22ClN5O. The average molecular weight is 312 g/mol. The van der Waals surface area contributed by atoms with Gasteiger partial charge in [0.15, 0.2) is 0 Å². The van der Waals surface area contributed by atoms with Crippen LogP contribution < -0.4 is 10.2 Å². The molecule has 1 saturated carbocycles. The third kappa shape index (κ3) is 3.74. The van der Waals surface area contributed by atoms with E-state index < -0.39 is 0 Å². The van der Waals surface area contributed by atoms with Crippen LogP contribution in [0.4, 0.5) is 11.9 Å². The monoisotopic (exact) mass is 311 g/mol. The van der Waals surface area contributed by atoms with Crippen LogP contribution in [0.25, 0.3) is 0 Å². The number of hydrogen-bond acceptors (Lipinski definition) is 6. The first kappa shape index (κ1) is 14.8. The van der Waals surface area contributed by atoms with Gasteiger partial charge in [-0.3, -0.25) is 0 Å². The first-order valence-electron chi connectivity index (χ1n) is 7.67. The highest BCUT2D eigenvalue weighted by atomic mass is 35.5. The van der Waals surface area contributed by atoms with E-state index in [9.17, 15) is 0 Å². The molecule has 2 aliphatic rings. The molecule has 21 heavy (non-hydrogen) atoms. The van der Waals surface area contributed by atoms with Crippen molar-refractivity contribution in [3.8, 4) is 0 Å². The number of morpholine rings is 1. The van der Waals surface area contributed by atoms with Gasteiger partial charge in [-0.05, 0) is 31.4 Å². The molecule has 116 valence electrons. The van der Waals surface area contributed by atoms with Crippen LogP contribution in [0.1, 0.15) is 39.0 Å². The Bertz CT molecular complexity index is 486. The van der Waals surface area contributed by atoms with E-state index in [0.29, 0.717) is 25.1 Å². The lowest BCUT2D eigenvalue weighted by Gasteiger charge is -2.34. The third-order valence-corrected chi connectivity index (χ3v) is 4.43. The lowest BCUT2D eigenvalue weighted by atomic mass is 9.83. The SMILES string of the molecule is CC1(Nc2nc(Cl)nc(N3CCOCC3)n2)CCCCC1. The zero-order valence-electron chi connectivity index (χ0n) is 12.4. The van der Waals surface area contributed by atoms with Gasteiger partial charge in [0.1, 0.15) is 0 Å². The summed E-state index contributed by atoms with van der Waals surface area (Å²) < 4.78 is 5.36. The molecule has 2 heterocycles. The number of ether oxygens (including phenoxy) is 1. The Labute approximate surface area is 130 Å². The minimum absolute atomic E-state index is 0.0607. The smallest absolute Gasteiger partial charge is 0.231 e. The Morgan fingerprint density at radius 3 is 2.52 bits per heavy atom. The quantitative estimate of drug-likeness (QED) is 0.925. The van der Waals surface area contributed by atoms with Crippen LogP contribution in [0.5, 0.6) is 0 Å². The molecule has 0 atom stereocenters. The van der Waals surface area contributed by atoms with Gasteiger partial charge in [0, 0.05) is 18.6 Å². The molecule has 6 nitrogen and oxygen atoms in total. The maximum Gasteiger partial charge on any atom is 0.231 e. The van der Waals surface area contributed by atoms with Crippen molar-refractivity contribution in [2.24, 2.45) is 0 Å². The molecule has 2 fully saturated rings. The van der Waals surface area contributed by atoms with Crippen molar-refractivity contribution in [2.75, 3.05) is 36.5 Å². The Balaban J connectivity index is 1.77. The number of aromatic nitrogens is 3. The average Bonchev–Trinajstić information content (AvgIpc) is 2.48. The maximum absolute atomic E-state index is 6.07. The van der Waals surface area contributed by atoms with Crippen LogP contribution in [0.2, 0.25) is 5.28 Å². The summed E-state index contributed by atoms with van der Waals surface area (Å²) in [5.74, 6) is 1.22. The molecule has 0 unspecified atom stereocenters. The molecule has 0 spiro atoms. The molecular weight excluding hydrogens is 290 g/mol. The molecule has 1 aromatic rings. The van der Waals surface area contributed by atoms with Crippen molar-refractivity contribution < 1.29 is 4.74 Å². The summed E-state index contributed by atoms with van der Waals surface area (Å²) >= 11 is 6.07. The Morgan fingerprint density at radius 1 is 1.10 bits per heavy atom. The van der Waals surface area contributed by atoms with E-state index in [-0.39, 0.29) is 10.8 Å². The fourth-order valence-electron chi connectivity index (χ4n) is 3.03. The van der Waals surface area contributed by atoms with Crippen molar-refractivity contribution in [1.82, 2.24) is 15.0 Å². The van der Waals surface area contributed by atoms with Crippen LogP contribution in [-0.2, 0) is 4.74 Å². The molecule has 3 rings (SSSR count). The van der Waals surface area contributed by atoms with Crippen LogP contribution in [0.3, 0.4) is 0 Å². The summed E-state index contributed by atoms with van der Waals surface area (Å²) in [4.78, 5) is 15.1. The summed E-state index contributed by atoms with van der Waals surface area (Å²) in [6, 6.07) is 0. The predicted octanol–water partition coefficient (Wildman–Crippen LogP) is 2.50. The molecule has 0 bridgehead atoms. The van der Waals surface area contributed by atoms with Crippen LogP contribution >= 0.6 is 11.6 Å². The number of nitrogens with one attached hydrogen (secondary N) is 1. The van der Waals surface area contributed by atoms with Crippen molar-refractivity contribution in [2.45, 2.75) is 44.6 Å². The fraction of sp³-hybridized carbons (Fsp3) is 0.786. The van der Waals surface area contributed by atoms with Crippen molar-refractivity contribution in [3.05, 3.63) is 5.28 Å². The van der Waals surface area contributed by atoms with Crippen molar-refractivity contribution in [3.63, 3.8) is 0 Å². The predicted molar refractivity (Wildman–Crippen MR) is 83.0 cm³/mol. The van der Waals surface area contributed by atoms with Crippen molar-refractivity contribution >= 4 is 23.5 Å². The van der Waals surface area contributed by atoms with E-state index in [1.807, 2.05) is 0 Å². The van der Waals surface area contributed by atoms with Gasteiger partial charge in [0.25, 0.3) is 0 Å². The van der Waals surface area contributed by atoms with Crippen LogP contribution in [0.15, 0.2) is 0 Å². The van der Waals surface area contributed by atoms with E-state index >= 15 is 0 Å². The topological polar surface area (TPSA) is 63.2 Å². The standard InChI is InChI=1S/C14H22ClN5O/c1-14(5-3-2-4-6-14)19-12-16-11(15)17-13(18-12)20-7-9-21-10-8-20/h2-10H2,1H3,(H,16,17,18,19). The van der Waals surface area contributed by atoms with Crippen LogP contribution in [-0.4, -0.2) is 46.8 Å². The van der Waals surface area contributed by atoms with Gasteiger partial charge >= 0.3 is 0 Å². The van der Waals surface area contributed by atoms with Gasteiger partial charge in [-0.25, -0.2) is 0 Å². The lowest BCUT2D eigenvalue weighted by Crippen LogP contribution is -2.39. The molecule has 1 aromatic heterocycles. The molecule has 1 aliphatic carbocycles. The first-order chi connectivity index (χ1) is 10.1. The zero-order chi connectivity index (χ0) is 14.7. The highest BCUT2D eigenvalue weighted by Crippen LogP contribution is 2.30. The van der Waals surface area contributed by atoms with Gasteiger partial charge in [0.05, 0.1) is 13.2 Å². The Morgan fingerprint density at radius 2 is 1.81 bits per heavy atom. The summed E-state index contributed by atoms with van der Waals surface area (Å²) in [7, 11) is 0. The van der Waals surface area contributed by atoms with Gasteiger partial charge in [-0.15, -0.1) is 0 Å². The second-order valence-corrected chi connectivity index (χ2v) is 6.41. The second kappa shape index (κ2) is 6.32. The number of anilines is 2. The minimum Gasteiger partial charge on any atom is -0.378 e. The van der Waals surface area contributed by atoms with E-state index in [1.54, 1.807) is 0 Å². The van der Waals surface area contributed by atoms with E-state index in [0.717, 1.165) is 25.9 Å². The summed E-state index contributed by atoms with van der Waals surface area (Å²) in [6.07, 6.45) is 6.10. The number of nitrogens with zero attached hydrogens (tertiary/aromatic N) is 4. The molecule has 1 saturated heterocycles. The highest BCUT2D eigenvalue weighted by molar-refractivity contribution is 6.28. The Hall–Kier alpha value is -1.14. The van der Waals surface area contributed by atoms with Crippen molar-refractivity contribution in [1.29, 1.82) is 0 Å². The molecule has 0 amide bonds. The van der Waals surface area contributed by atoms with Gasteiger partial charge < -0.3 is 15.0 Å². The number of rotatable bonds is 3. The summed E-state index contributed by atoms with van der Waals surface area (Å²) in [5.41, 5.74) is 0.0607. The largest absolute Gasteiger partial charge is 0.378 e. The number of hydrogen-bond donors (Lipinski definition) is 1. The number of halogens is 1. The maximum atomic E-state index is 6.07. The molecule has 7 heteroatoms. The highest BCUT2D eigenvalue weighted by Gasteiger charge is 2.28. The van der Waals surface area contributed by atoms with Crippen LogP contribution in [0, 0.1) is 0 Å². The van der Waals surface area contributed by atoms with Gasteiger partial charge in [0.2, 0.25) is 17.2 Å². The molecule has 0 aromatic carbocycles. The normalized spacial score (nSPS) is 22.1. The zero-order valence-corrected chi connectivity index (χ0v) is 13.2. The molecule has 0 radical (unpaired) electrons. The lowest BCUT2D eigenvalue weighted by molar-refractivity contribution is 0.122. The molecule has 1 N–H and O–H groups in total. The molecule has 1 aliphatic heterocycles. The second-order valence-electron chi connectivity index (χ2n) is 6.07. The Kier molecular flexibility index (Phi) is 4.45. The third-order valence-electron chi connectivity index (χ3n) is 4.26. The van der Waals surface area contributed by atoms with E-state index in [4.69, 9.17) is 16.3 Å². The van der Waals surface area contributed by atoms with E-state index in [2.05, 4.69) is 32.1 Å².